The van der Waals surface area contributed by atoms with Crippen LogP contribution < -0.4 is 0 Å². The summed E-state index contributed by atoms with van der Waals surface area (Å²) in [5, 5.41) is 3.09. The number of rotatable bonds is 0. The standard InChI is InChI=1S/C6H7N3.C2H6/c1-5-4-6-7-2-3-9(6)8-5;1-2/h2-4,8H,1H3;1-2H3. The summed E-state index contributed by atoms with van der Waals surface area (Å²) >= 11 is 0. The highest BCUT2D eigenvalue weighted by Gasteiger charge is 1.93. The van der Waals surface area contributed by atoms with Crippen LogP contribution in [0.5, 0.6) is 0 Å². The molecule has 0 fully saturated rings. The summed E-state index contributed by atoms with van der Waals surface area (Å²) in [6.07, 6.45) is 3.66. The van der Waals surface area contributed by atoms with Crippen LogP contribution >= 0.6 is 0 Å². The normalized spacial score (nSPS) is 9.36. The molecule has 0 saturated heterocycles. The van der Waals surface area contributed by atoms with Crippen LogP contribution in [-0.4, -0.2) is 14.6 Å². The molecule has 0 unspecified atom stereocenters. The van der Waals surface area contributed by atoms with Crippen molar-refractivity contribution < 1.29 is 0 Å². The number of aromatic nitrogens is 3. The number of H-pyrrole nitrogens is 1. The van der Waals surface area contributed by atoms with Crippen molar-refractivity contribution in [1.82, 2.24) is 14.6 Å². The first kappa shape index (κ1) is 7.85. The third-order valence-corrected chi connectivity index (χ3v) is 1.31. The smallest absolute Gasteiger partial charge is 0.153 e. The summed E-state index contributed by atoms with van der Waals surface area (Å²) in [5.74, 6) is 0. The molecule has 3 heteroatoms. The molecule has 2 rings (SSSR count). The van der Waals surface area contributed by atoms with Crippen molar-refractivity contribution in [3.8, 4) is 0 Å². The van der Waals surface area contributed by atoms with Gasteiger partial charge < -0.3 is 0 Å². The van der Waals surface area contributed by atoms with Crippen molar-refractivity contribution in [2.24, 2.45) is 0 Å². The molecule has 0 atom stereocenters. The van der Waals surface area contributed by atoms with E-state index in [1.807, 2.05) is 37.5 Å². The van der Waals surface area contributed by atoms with Gasteiger partial charge in [0.05, 0.1) is 0 Å². The maximum atomic E-state index is 4.07. The number of aryl methyl sites for hydroxylation is 1. The van der Waals surface area contributed by atoms with E-state index in [2.05, 4.69) is 10.1 Å². The zero-order valence-corrected chi connectivity index (χ0v) is 7.13. The number of aromatic amines is 1. The lowest BCUT2D eigenvalue weighted by Crippen LogP contribution is -1.78. The molecule has 2 aromatic heterocycles. The summed E-state index contributed by atoms with van der Waals surface area (Å²) in [6.45, 7) is 6.01. The molecule has 0 aliphatic heterocycles. The highest BCUT2D eigenvalue weighted by atomic mass is 15.3. The number of fused-ring (bicyclic) bond motifs is 1. The minimum atomic E-state index is 0.979. The van der Waals surface area contributed by atoms with Gasteiger partial charge in [-0.05, 0) is 6.92 Å². The quantitative estimate of drug-likeness (QED) is 0.613. The van der Waals surface area contributed by atoms with E-state index >= 15 is 0 Å². The fourth-order valence-electron chi connectivity index (χ4n) is 0.932. The van der Waals surface area contributed by atoms with E-state index in [4.69, 9.17) is 0 Å². The molecule has 0 radical (unpaired) electrons. The van der Waals surface area contributed by atoms with Crippen LogP contribution in [0.1, 0.15) is 19.5 Å². The van der Waals surface area contributed by atoms with Gasteiger partial charge in [0.25, 0.3) is 0 Å². The Morgan fingerprint density at radius 1 is 1.45 bits per heavy atom. The third-order valence-electron chi connectivity index (χ3n) is 1.31. The van der Waals surface area contributed by atoms with Crippen molar-refractivity contribution in [3.05, 3.63) is 24.2 Å². The van der Waals surface area contributed by atoms with Crippen LogP contribution in [0.15, 0.2) is 18.5 Å². The van der Waals surface area contributed by atoms with Crippen molar-refractivity contribution in [2.45, 2.75) is 20.8 Å². The predicted molar refractivity (Wildman–Crippen MR) is 45.6 cm³/mol. The lowest BCUT2D eigenvalue weighted by molar-refractivity contribution is 0.944. The number of hydrogen-bond donors (Lipinski definition) is 1. The van der Waals surface area contributed by atoms with E-state index in [0.717, 1.165) is 11.3 Å². The first-order valence-corrected chi connectivity index (χ1v) is 3.85. The van der Waals surface area contributed by atoms with Gasteiger partial charge in [-0.15, -0.1) is 0 Å². The van der Waals surface area contributed by atoms with E-state index in [-0.39, 0.29) is 0 Å². The number of hydrogen-bond acceptors (Lipinski definition) is 1. The van der Waals surface area contributed by atoms with Gasteiger partial charge in [0, 0.05) is 24.2 Å². The minimum Gasteiger partial charge on any atom is -0.297 e. The van der Waals surface area contributed by atoms with Crippen LogP contribution in [0.2, 0.25) is 0 Å². The van der Waals surface area contributed by atoms with Crippen molar-refractivity contribution in [3.63, 3.8) is 0 Å². The zero-order valence-electron chi connectivity index (χ0n) is 7.13. The molecule has 11 heavy (non-hydrogen) atoms. The van der Waals surface area contributed by atoms with Crippen LogP contribution in [0.3, 0.4) is 0 Å². The Bertz CT molecular complexity index is 290. The Balaban J connectivity index is 0.000000281. The van der Waals surface area contributed by atoms with Gasteiger partial charge in [-0.25, -0.2) is 9.50 Å². The molecule has 0 aromatic carbocycles. The molecule has 1 N–H and O–H groups in total. The first-order valence-electron chi connectivity index (χ1n) is 3.85. The molecule has 0 amide bonds. The van der Waals surface area contributed by atoms with E-state index < -0.39 is 0 Å². The average Bonchev–Trinajstić information content (AvgIpc) is 2.51. The monoisotopic (exact) mass is 151 g/mol. The maximum Gasteiger partial charge on any atom is 0.153 e. The predicted octanol–water partition coefficient (Wildman–Crippen LogP) is 2.00. The highest BCUT2D eigenvalue weighted by Crippen LogP contribution is 2.00. The molecule has 0 spiro atoms. The molecule has 2 heterocycles. The van der Waals surface area contributed by atoms with Crippen molar-refractivity contribution in [1.29, 1.82) is 0 Å². The molecule has 0 bridgehead atoms. The van der Waals surface area contributed by atoms with Gasteiger partial charge in [-0.2, -0.15) is 0 Å². The second-order valence-electron chi connectivity index (χ2n) is 2.09. The highest BCUT2D eigenvalue weighted by molar-refractivity contribution is 5.38. The lowest BCUT2D eigenvalue weighted by atomic mass is 10.5. The van der Waals surface area contributed by atoms with Gasteiger partial charge in [0.1, 0.15) is 0 Å². The van der Waals surface area contributed by atoms with Crippen molar-refractivity contribution in [2.75, 3.05) is 0 Å². The van der Waals surface area contributed by atoms with Crippen LogP contribution in [0, 0.1) is 6.92 Å². The second kappa shape index (κ2) is 3.23. The van der Waals surface area contributed by atoms with Crippen LogP contribution in [0.25, 0.3) is 5.65 Å². The molecule has 0 aliphatic carbocycles. The van der Waals surface area contributed by atoms with E-state index in [0.29, 0.717) is 0 Å². The Hall–Kier alpha value is -1.25. The average molecular weight is 151 g/mol. The molecule has 0 saturated carbocycles. The molecular formula is C8H13N3. The summed E-state index contributed by atoms with van der Waals surface area (Å²) in [7, 11) is 0. The largest absolute Gasteiger partial charge is 0.297 e. The topological polar surface area (TPSA) is 33.1 Å². The SMILES string of the molecule is CC.Cc1cc2nccn2[nH]1. The summed E-state index contributed by atoms with van der Waals surface area (Å²) < 4.78 is 1.88. The van der Waals surface area contributed by atoms with Crippen LogP contribution in [0.4, 0.5) is 0 Å². The van der Waals surface area contributed by atoms with Gasteiger partial charge in [-0.1, -0.05) is 13.8 Å². The molecule has 0 aliphatic rings. The molecule has 3 nitrogen and oxygen atoms in total. The van der Waals surface area contributed by atoms with Crippen molar-refractivity contribution >= 4 is 5.65 Å². The van der Waals surface area contributed by atoms with Crippen LogP contribution in [-0.2, 0) is 0 Å². The van der Waals surface area contributed by atoms with Gasteiger partial charge in [0.2, 0.25) is 0 Å². The Labute approximate surface area is 66.0 Å². The Morgan fingerprint density at radius 3 is 2.82 bits per heavy atom. The summed E-state index contributed by atoms with van der Waals surface area (Å²) in [6, 6.07) is 2.00. The minimum absolute atomic E-state index is 0.979. The lowest BCUT2D eigenvalue weighted by Gasteiger charge is -1.78. The second-order valence-corrected chi connectivity index (χ2v) is 2.09. The van der Waals surface area contributed by atoms with E-state index in [1.165, 1.54) is 0 Å². The molecule has 60 valence electrons. The van der Waals surface area contributed by atoms with Gasteiger partial charge in [-0.3, -0.25) is 5.10 Å². The van der Waals surface area contributed by atoms with E-state index in [1.54, 1.807) is 6.20 Å². The molecular weight excluding hydrogens is 138 g/mol. The molecule has 2 aromatic rings. The Morgan fingerprint density at radius 2 is 2.18 bits per heavy atom. The zero-order chi connectivity index (χ0) is 8.27. The fraction of sp³-hybridized carbons (Fsp3) is 0.375. The first-order chi connectivity index (χ1) is 5.36. The third kappa shape index (κ3) is 1.42. The number of nitrogens with zero attached hydrogens (tertiary/aromatic N) is 2. The van der Waals surface area contributed by atoms with Gasteiger partial charge in [0.15, 0.2) is 5.65 Å². The summed E-state index contributed by atoms with van der Waals surface area (Å²) in [4.78, 5) is 4.07. The van der Waals surface area contributed by atoms with E-state index in [9.17, 15) is 0 Å². The maximum absolute atomic E-state index is 4.07. The fourth-order valence-corrected chi connectivity index (χ4v) is 0.932. The Kier molecular flexibility index (Phi) is 2.31. The number of imidazole rings is 1. The number of nitrogens with one attached hydrogen (secondary N) is 1. The summed E-state index contributed by atoms with van der Waals surface area (Å²) in [5.41, 5.74) is 2.12. The van der Waals surface area contributed by atoms with Gasteiger partial charge >= 0.3 is 0 Å².